The van der Waals surface area contributed by atoms with E-state index in [0.29, 0.717) is 17.9 Å². The molecule has 2 aromatic heterocycles. The third kappa shape index (κ3) is 1.82. The van der Waals surface area contributed by atoms with E-state index < -0.39 is 0 Å². The molecule has 0 aromatic carbocycles. The van der Waals surface area contributed by atoms with Crippen molar-refractivity contribution in [3.63, 3.8) is 0 Å². The summed E-state index contributed by atoms with van der Waals surface area (Å²) < 4.78 is 1.82. The van der Waals surface area contributed by atoms with Gasteiger partial charge in [-0.3, -0.25) is 0 Å². The zero-order valence-corrected chi connectivity index (χ0v) is 11.0. The van der Waals surface area contributed by atoms with E-state index in [1.807, 2.05) is 11.4 Å². The van der Waals surface area contributed by atoms with Crippen molar-refractivity contribution in [3.05, 3.63) is 18.1 Å². The fraction of sp³-hybridized carbons (Fsp3) is 0.583. The Morgan fingerprint density at radius 3 is 3.06 bits per heavy atom. The van der Waals surface area contributed by atoms with E-state index in [-0.39, 0.29) is 0 Å². The lowest BCUT2D eigenvalue weighted by atomic mass is 10.1. The van der Waals surface area contributed by atoms with Gasteiger partial charge in [0.1, 0.15) is 12.1 Å². The number of aromatic nitrogens is 4. The topological polar surface area (TPSA) is 58.4 Å². The Hall–Kier alpha value is -1.69. The van der Waals surface area contributed by atoms with Gasteiger partial charge in [0.15, 0.2) is 0 Å². The molecule has 1 aliphatic heterocycles. The molecule has 96 valence electrons. The van der Waals surface area contributed by atoms with Crippen LogP contribution in [0.1, 0.15) is 19.5 Å². The zero-order chi connectivity index (χ0) is 12.7. The van der Waals surface area contributed by atoms with Crippen LogP contribution in [0.4, 0.5) is 5.82 Å². The Bertz CT molecular complexity index is 563. The summed E-state index contributed by atoms with van der Waals surface area (Å²) in [5.74, 6) is 1.75. The lowest BCUT2D eigenvalue weighted by molar-refractivity contribution is 0.420. The van der Waals surface area contributed by atoms with E-state index in [1.54, 1.807) is 6.33 Å². The predicted molar refractivity (Wildman–Crippen MR) is 69.8 cm³/mol. The number of nitrogens with one attached hydrogen (secondary N) is 1. The van der Waals surface area contributed by atoms with E-state index in [1.165, 1.54) is 0 Å². The molecule has 0 aliphatic carbocycles. The molecule has 18 heavy (non-hydrogen) atoms. The number of hydrogen-bond donors (Lipinski definition) is 1. The van der Waals surface area contributed by atoms with Crippen LogP contribution in [-0.4, -0.2) is 44.8 Å². The van der Waals surface area contributed by atoms with Gasteiger partial charge in [0.25, 0.3) is 5.78 Å². The van der Waals surface area contributed by atoms with Gasteiger partial charge in [-0.2, -0.15) is 14.6 Å². The first-order chi connectivity index (χ1) is 8.65. The van der Waals surface area contributed by atoms with Gasteiger partial charge in [-0.1, -0.05) is 0 Å². The highest BCUT2D eigenvalue weighted by Crippen LogP contribution is 2.20. The number of aryl methyl sites for hydroxylation is 1. The maximum Gasteiger partial charge on any atom is 0.254 e. The molecule has 0 radical (unpaired) electrons. The summed E-state index contributed by atoms with van der Waals surface area (Å²) in [5, 5.41) is 7.76. The maximum absolute atomic E-state index is 4.38. The van der Waals surface area contributed by atoms with Crippen molar-refractivity contribution in [2.75, 3.05) is 18.0 Å². The van der Waals surface area contributed by atoms with Gasteiger partial charge >= 0.3 is 0 Å². The SMILES string of the molecule is Cc1cc(N2CC(C)NCC2C)n2ncnc2n1. The molecule has 3 heterocycles. The third-order valence-corrected chi connectivity index (χ3v) is 3.42. The highest BCUT2D eigenvalue weighted by molar-refractivity contribution is 5.48. The molecule has 1 saturated heterocycles. The average Bonchev–Trinajstić information content (AvgIpc) is 2.79. The number of fused-ring (bicyclic) bond motifs is 1. The molecule has 1 aliphatic rings. The van der Waals surface area contributed by atoms with Crippen LogP contribution in [0.5, 0.6) is 0 Å². The minimum Gasteiger partial charge on any atom is -0.351 e. The summed E-state index contributed by atoms with van der Waals surface area (Å²) >= 11 is 0. The van der Waals surface area contributed by atoms with Crippen LogP contribution in [0.15, 0.2) is 12.4 Å². The summed E-state index contributed by atoms with van der Waals surface area (Å²) in [4.78, 5) is 10.9. The fourth-order valence-electron chi connectivity index (χ4n) is 2.46. The van der Waals surface area contributed by atoms with E-state index in [9.17, 15) is 0 Å². The normalized spacial score (nSPS) is 24.7. The summed E-state index contributed by atoms with van der Waals surface area (Å²) in [6.07, 6.45) is 1.56. The molecule has 0 amide bonds. The van der Waals surface area contributed by atoms with E-state index in [4.69, 9.17) is 0 Å². The average molecular weight is 246 g/mol. The molecule has 0 spiro atoms. The van der Waals surface area contributed by atoms with Crippen molar-refractivity contribution in [1.82, 2.24) is 24.9 Å². The molecule has 0 saturated carbocycles. The zero-order valence-electron chi connectivity index (χ0n) is 11.0. The number of anilines is 1. The van der Waals surface area contributed by atoms with Crippen LogP contribution in [0.2, 0.25) is 0 Å². The Labute approximate surface area is 106 Å². The molecule has 2 atom stereocenters. The van der Waals surface area contributed by atoms with E-state index in [0.717, 1.165) is 24.6 Å². The van der Waals surface area contributed by atoms with Crippen molar-refractivity contribution < 1.29 is 0 Å². The number of hydrogen-bond acceptors (Lipinski definition) is 5. The Balaban J connectivity index is 2.09. The molecule has 1 N–H and O–H groups in total. The van der Waals surface area contributed by atoms with Gasteiger partial charge < -0.3 is 10.2 Å². The molecule has 6 nitrogen and oxygen atoms in total. The van der Waals surface area contributed by atoms with Gasteiger partial charge in [0, 0.05) is 36.9 Å². The lowest BCUT2D eigenvalue weighted by Gasteiger charge is -2.38. The quantitative estimate of drug-likeness (QED) is 0.799. The van der Waals surface area contributed by atoms with Crippen LogP contribution < -0.4 is 10.2 Å². The van der Waals surface area contributed by atoms with Crippen LogP contribution in [0.25, 0.3) is 5.78 Å². The molecule has 0 bridgehead atoms. The first kappa shape index (κ1) is 11.4. The smallest absolute Gasteiger partial charge is 0.254 e. The van der Waals surface area contributed by atoms with Crippen LogP contribution in [0, 0.1) is 6.92 Å². The molecule has 2 aromatic rings. The molecule has 6 heteroatoms. The first-order valence-electron chi connectivity index (χ1n) is 6.32. The van der Waals surface area contributed by atoms with Gasteiger partial charge in [0.05, 0.1) is 0 Å². The van der Waals surface area contributed by atoms with Crippen LogP contribution >= 0.6 is 0 Å². The third-order valence-electron chi connectivity index (χ3n) is 3.42. The molecule has 3 rings (SSSR count). The standard InChI is InChI=1S/C12H18N6/c1-8-4-11(18-12(16-8)14-7-15-18)17-6-9(2)13-5-10(17)3/h4,7,9-10,13H,5-6H2,1-3H3. The second-order valence-corrected chi connectivity index (χ2v) is 5.04. The number of piperazine rings is 1. The van der Waals surface area contributed by atoms with Crippen LogP contribution in [0.3, 0.4) is 0 Å². The van der Waals surface area contributed by atoms with Crippen molar-refractivity contribution in [2.45, 2.75) is 32.9 Å². The highest BCUT2D eigenvalue weighted by Gasteiger charge is 2.25. The number of rotatable bonds is 1. The Morgan fingerprint density at radius 1 is 1.39 bits per heavy atom. The van der Waals surface area contributed by atoms with Crippen LogP contribution in [-0.2, 0) is 0 Å². The van der Waals surface area contributed by atoms with Crippen molar-refractivity contribution in [1.29, 1.82) is 0 Å². The lowest BCUT2D eigenvalue weighted by Crippen LogP contribution is -2.55. The van der Waals surface area contributed by atoms with Crippen molar-refractivity contribution in [2.24, 2.45) is 0 Å². The van der Waals surface area contributed by atoms with Gasteiger partial charge in [-0.15, -0.1) is 0 Å². The maximum atomic E-state index is 4.38. The monoisotopic (exact) mass is 246 g/mol. The largest absolute Gasteiger partial charge is 0.351 e. The molecular weight excluding hydrogens is 228 g/mol. The first-order valence-corrected chi connectivity index (χ1v) is 6.32. The second-order valence-electron chi connectivity index (χ2n) is 5.04. The number of nitrogens with zero attached hydrogens (tertiary/aromatic N) is 5. The Kier molecular flexibility index (Phi) is 2.66. The van der Waals surface area contributed by atoms with Gasteiger partial charge in [-0.25, -0.2) is 4.98 Å². The summed E-state index contributed by atoms with van der Waals surface area (Å²) in [6.45, 7) is 8.37. The van der Waals surface area contributed by atoms with Gasteiger partial charge in [0.2, 0.25) is 0 Å². The minimum absolute atomic E-state index is 0.440. The van der Waals surface area contributed by atoms with E-state index >= 15 is 0 Å². The van der Waals surface area contributed by atoms with E-state index in [2.05, 4.69) is 45.2 Å². The summed E-state index contributed by atoms with van der Waals surface area (Å²) in [5.41, 5.74) is 0.976. The van der Waals surface area contributed by atoms with Crippen molar-refractivity contribution >= 4 is 11.6 Å². The molecule has 1 fully saturated rings. The fourth-order valence-corrected chi connectivity index (χ4v) is 2.46. The Morgan fingerprint density at radius 2 is 2.22 bits per heavy atom. The summed E-state index contributed by atoms with van der Waals surface area (Å²) in [6, 6.07) is 3.00. The predicted octanol–water partition coefficient (Wildman–Crippen LogP) is 0.619. The molecule has 2 unspecified atom stereocenters. The highest BCUT2D eigenvalue weighted by atomic mass is 15.4. The summed E-state index contributed by atoms with van der Waals surface area (Å²) in [7, 11) is 0. The minimum atomic E-state index is 0.440. The second kappa shape index (κ2) is 4.20. The molecular formula is C12H18N6. The van der Waals surface area contributed by atoms with Crippen molar-refractivity contribution in [3.8, 4) is 0 Å². The van der Waals surface area contributed by atoms with Gasteiger partial charge in [-0.05, 0) is 20.8 Å².